The lowest BCUT2D eigenvalue weighted by Crippen LogP contribution is -2.15. The maximum absolute atomic E-state index is 8.89. The van der Waals surface area contributed by atoms with Crippen LogP contribution in [0.2, 0.25) is 0 Å². The molecule has 0 radical (unpaired) electrons. The van der Waals surface area contributed by atoms with Crippen LogP contribution in [0.5, 0.6) is 0 Å². The topological polar surface area (TPSA) is 77.7 Å². The van der Waals surface area contributed by atoms with Crippen LogP contribution < -0.4 is 10.2 Å². The minimum Gasteiger partial charge on any atom is -0.347 e. The molecule has 0 atom stereocenters. The molecule has 2 aromatic rings. The molecule has 0 unspecified atom stereocenters. The van der Waals surface area contributed by atoms with Crippen LogP contribution in [0, 0.1) is 11.3 Å². The first kappa shape index (κ1) is 11.8. The van der Waals surface area contributed by atoms with E-state index in [1.54, 1.807) is 4.90 Å². The standard InChI is InChI=1S/C12H12N6/c1-18(2)12-16-10(8-13)15-11(17-12)14-9-6-4-3-5-7-9/h3-7H,1-2H3,(H,14,15,16,17). The molecule has 1 aromatic heterocycles. The Hall–Kier alpha value is -2.68. The molecule has 0 fully saturated rings. The normalized spacial score (nSPS) is 9.61. The minimum atomic E-state index is 0.0899. The molecular weight excluding hydrogens is 228 g/mol. The van der Waals surface area contributed by atoms with Gasteiger partial charge in [-0.2, -0.15) is 20.2 Å². The quantitative estimate of drug-likeness (QED) is 0.877. The Balaban J connectivity index is 2.33. The number of nitrogens with zero attached hydrogens (tertiary/aromatic N) is 5. The molecule has 0 bridgehead atoms. The van der Waals surface area contributed by atoms with Gasteiger partial charge in [0.05, 0.1) is 0 Å². The first-order chi connectivity index (χ1) is 8.69. The second-order valence-corrected chi connectivity index (χ2v) is 3.78. The second-order valence-electron chi connectivity index (χ2n) is 3.78. The SMILES string of the molecule is CN(C)c1nc(C#N)nc(Nc2ccccc2)n1. The lowest BCUT2D eigenvalue weighted by Gasteiger charge is -2.11. The molecule has 0 aliphatic heterocycles. The predicted octanol–water partition coefficient (Wildman–Crippen LogP) is 1.55. The molecule has 90 valence electrons. The highest BCUT2D eigenvalue weighted by Crippen LogP contribution is 2.14. The van der Waals surface area contributed by atoms with Crippen molar-refractivity contribution in [3.63, 3.8) is 0 Å². The van der Waals surface area contributed by atoms with Gasteiger partial charge in [-0.1, -0.05) is 18.2 Å². The third-order valence-corrected chi connectivity index (χ3v) is 2.15. The average Bonchev–Trinajstić information content (AvgIpc) is 2.39. The van der Waals surface area contributed by atoms with Gasteiger partial charge in [0.25, 0.3) is 0 Å². The number of nitrogens with one attached hydrogen (secondary N) is 1. The fourth-order valence-corrected chi connectivity index (χ4v) is 1.32. The van der Waals surface area contributed by atoms with E-state index < -0.39 is 0 Å². The Labute approximate surface area is 105 Å². The van der Waals surface area contributed by atoms with Gasteiger partial charge >= 0.3 is 0 Å². The minimum absolute atomic E-state index is 0.0899. The molecule has 2 rings (SSSR count). The Morgan fingerprint density at radius 3 is 2.44 bits per heavy atom. The van der Waals surface area contributed by atoms with Crippen molar-refractivity contribution in [2.75, 3.05) is 24.3 Å². The van der Waals surface area contributed by atoms with Crippen LogP contribution in [0.15, 0.2) is 30.3 Å². The summed E-state index contributed by atoms with van der Waals surface area (Å²) in [5.74, 6) is 0.892. The van der Waals surface area contributed by atoms with E-state index in [1.807, 2.05) is 50.5 Å². The van der Waals surface area contributed by atoms with Crippen LogP contribution in [0.25, 0.3) is 0 Å². The van der Waals surface area contributed by atoms with Crippen LogP contribution in [0.4, 0.5) is 17.6 Å². The lowest BCUT2D eigenvalue weighted by atomic mass is 10.3. The number of hydrogen-bond acceptors (Lipinski definition) is 6. The van der Waals surface area contributed by atoms with Crippen LogP contribution in [0.3, 0.4) is 0 Å². The summed E-state index contributed by atoms with van der Waals surface area (Å²) in [5.41, 5.74) is 0.859. The summed E-state index contributed by atoms with van der Waals surface area (Å²) in [6.45, 7) is 0. The molecule has 1 heterocycles. The number of anilines is 3. The fourth-order valence-electron chi connectivity index (χ4n) is 1.32. The van der Waals surface area contributed by atoms with Gasteiger partial charge in [0, 0.05) is 19.8 Å². The van der Waals surface area contributed by atoms with E-state index in [0.29, 0.717) is 11.9 Å². The Morgan fingerprint density at radius 1 is 1.11 bits per heavy atom. The third-order valence-electron chi connectivity index (χ3n) is 2.15. The van der Waals surface area contributed by atoms with Crippen molar-refractivity contribution in [3.05, 3.63) is 36.2 Å². The molecule has 0 aliphatic rings. The van der Waals surface area contributed by atoms with Crippen LogP contribution in [-0.2, 0) is 0 Å². The van der Waals surface area contributed by atoms with E-state index >= 15 is 0 Å². The highest BCUT2D eigenvalue weighted by molar-refractivity contribution is 5.54. The van der Waals surface area contributed by atoms with Gasteiger partial charge in [0.1, 0.15) is 6.07 Å². The number of aromatic nitrogens is 3. The highest BCUT2D eigenvalue weighted by atomic mass is 15.3. The number of benzene rings is 1. The number of hydrogen-bond donors (Lipinski definition) is 1. The largest absolute Gasteiger partial charge is 0.347 e. The zero-order valence-corrected chi connectivity index (χ0v) is 10.1. The lowest BCUT2D eigenvalue weighted by molar-refractivity contribution is 0.945. The molecule has 6 nitrogen and oxygen atoms in total. The van der Waals surface area contributed by atoms with Crippen molar-refractivity contribution < 1.29 is 0 Å². The average molecular weight is 240 g/mol. The Bertz CT molecular complexity index is 573. The molecule has 0 saturated carbocycles. The summed E-state index contributed by atoms with van der Waals surface area (Å²) in [4.78, 5) is 13.9. The first-order valence-corrected chi connectivity index (χ1v) is 5.34. The Morgan fingerprint density at radius 2 is 1.83 bits per heavy atom. The van der Waals surface area contributed by atoms with Crippen molar-refractivity contribution >= 4 is 17.6 Å². The molecule has 1 aromatic carbocycles. The zero-order chi connectivity index (χ0) is 13.0. The highest BCUT2D eigenvalue weighted by Gasteiger charge is 2.07. The van der Waals surface area contributed by atoms with Crippen molar-refractivity contribution in [1.82, 2.24) is 15.0 Å². The molecule has 0 aliphatic carbocycles. The summed E-state index contributed by atoms with van der Waals surface area (Å²) < 4.78 is 0. The van der Waals surface area contributed by atoms with Gasteiger partial charge < -0.3 is 10.2 Å². The van der Waals surface area contributed by atoms with Crippen LogP contribution in [-0.4, -0.2) is 29.0 Å². The fraction of sp³-hybridized carbons (Fsp3) is 0.167. The predicted molar refractivity (Wildman–Crippen MR) is 68.6 cm³/mol. The first-order valence-electron chi connectivity index (χ1n) is 5.34. The molecule has 1 N–H and O–H groups in total. The second kappa shape index (κ2) is 5.10. The maximum Gasteiger partial charge on any atom is 0.238 e. The van der Waals surface area contributed by atoms with Crippen molar-refractivity contribution in [2.24, 2.45) is 0 Å². The van der Waals surface area contributed by atoms with E-state index in [0.717, 1.165) is 5.69 Å². The van der Waals surface area contributed by atoms with E-state index in [2.05, 4.69) is 20.3 Å². The van der Waals surface area contributed by atoms with E-state index in [-0.39, 0.29) is 5.82 Å². The van der Waals surface area contributed by atoms with Crippen molar-refractivity contribution in [3.8, 4) is 6.07 Å². The smallest absolute Gasteiger partial charge is 0.238 e. The van der Waals surface area contributed by atoms with Gasteiger partial charge in [-0.25, -0.2) is 0 Å². The summed E-state index contributed by atoms with van der Waals surface area (Å²) >= 11 is 0. The summed E-state index contributed by atoms with van der Waals surface area (Å²) in [6.07, 6.45) is 0. The van der Waals surface area contributed by atoms with E-state index in [9.17, 15) is 0 Å². The third kappa shape index (κ3) is 2.71. The summed E-state index contributed by atoms with van der Waals surface area (Å²) in [7, 11) is 3.62. The van der Waals surface area contributed by atoms with Gasteiger partial charge in [-0.3, -0.25) is 0 Å². The molecular formula is C12H12N6. The van der Waals surface area contributed by atoms with Gasteiger partial charge in [0.15, 0.2) is 0 Å². The molecule has 6 heteroatoms. The van der Waals surface area contributed by atoms with Gasteiger partial charge in [-0.15, -0.1) is 0 Å². The van der Waals surface area contributed by atoms with Crippen LogP contribution in [0.1, 0.15) is 5.82 Å². The molecule has 0 spiro atoms. The number of rotatable bonds is 3. The zero-order valence-electron chi connectivity index (χ0n) is 10.1. The molecule has 0 saturated heterocycles. The summed E-state index contributed by atoms with van der Waals surface area (Å²) in [6, 6.07) is 11.4. The summed E-state index contributed by atoms with van der Waals surface area (Å²) in [5, 5.41) is 11.9. The van der Waals surface area contributed by atoms with Crippen molar-refractivity contribution in [1.29, 1.82) is 5.26 Å². The Kier molecular flexibility index (Phi) is 3.34. The van der Waals surface area contributed by atoms with Gasteiger partial charge in [-0.05, 0) is 12.1 Å². The van der Waals surface area contributed by atoms with E-state index in [1.165, 1.54) is 0 Å². The number of nitriles is 1. The van der Waals surface area contributed by atoms with Gasteiger partial charge in [0.2, 0.25) is 17.7 Å². The number of para-hydroxylation sites is 1. The maximum atomic E-state index is 8.89. The monoisotopic (exact) mass is 240 g/mol. The van der Waals surface area contributed by atoms with Crippen LogP contribution >= 0.6 is 0 Å². The van der Waals surface area contributed by atoms with E-state index in [4.69, 9.17) is 5.26 Å². The molecule has 0 amide bonds. The molecule has 18 heavy (non-hydrogen) atoms. The van der Waals surface area contributed by atoms with Crippen molar-refractivity contribution in [2.45, 2.75) is 0 Å².